The van der Waals surface area contributed by atoms with Crippen LogP contribution in [0.15, 0.2) is 54.9 Å². The highest BCUT2D eigenvalue weighted by atomic mass is 35.5. The molecule has 2 saturated heterocycles. The molecule has 3 amide bonds. The Morgan fingerprint density at radius 3 is 2.29 bits per heavy atom. The van der Waals surface area contributed by atoms with Crippen molar-refractivity contribution in [3.05, 3.63) is 87.8 Å². The fourth-order valence-corrected chi connectivity index (χ4v) is 11.5. The van der Waals surface area contributed by atoms with E-state index >= 15 is 0 Å². The maximum atomic E-state index is 13.9. The fourth-order valence-electron chi connectivity index (χ4n) is 11.3. The van der Waals surface area contributed by atoms with Gasteiger partial charge >= 0.3 is 0 Å². The number of ether oxygens (including phenoxy) is 1. The standard InChI is InChI=1S/C48H57ClN10O4/c1-30(60)57-24-18-40-37(29-57)41(58-19-8-10-31-9-6-7-11-39(31)58)54-59(40)35-16-22-55(23-17-35)43(62)32-14-20-56(21-15-32)46-51-27-34(28-52-46)42(61)53-44-47(2,3)45(48(44,4)5)63-36-13-12-33(26-50)38(49)25-36/h6-7,9,11-13,25,27-28,32,35,44-45H,8,10,14-24,29H2,1-5H3,(H,53,61). The zero-order chi connectivity index (χ0) is 44.2. The summed E-state index contributed by atoms with van der Waals surface area (Å²) in [6, 6.07) is 15.7. The van der Waals surface area contributed by atoms with Gasteiger partial charge in [0.1, 0.15) is 17.9 Å². The van der Waals surface area contributed by atoms with E-state index in [-0.39, 0.29) is 41.8 Å². The summed E-state index contributed by atoms with van der Waals surface area (Å²) < 4.78 is 8.63. The van der Waals surface area contributed by atoms with Gasteiger partial charge in [0.05, 0.1) is 28.7 Å². The molecule has 5 aliphatic rings. The number of nitrogens with one attached hydrogen (secondary N) is 1. The van der Waals surface area contributed by atoms with Gasteiger partial charge in [-0.2, -0.15) is 10.4 Å². The Balaban J connectivity index is 0.781. The number of likely N-dealkylation sites (tertiary alicyclic amines) is 1. The highest BCUT2D eigenvalue weighted by molar-refractivity contribution is 6.31. The van der Waals surface area contributed by atoms with E-state index in [9.17, 15) is 19.6 Å². The molecule has 4 aliphatic heterocycles. The fraction of sp³-hybridized carbons (Fsp3) is 0.521. The molecule has 0 bridgehead atoms. The number of halogens is 1. The molecule has 0 spiro atoms. The lowest BCUT2D eigenvalue weighted by Crippen LogP contribution is -2.74. The summed E-state index contributed by atoms with van der Waals surface area (Å²) in [6.45, 7) is 14.8. The summed E-state index contributed by atoms with van der Waals surface area (Å²) in [5.74, 6) is 2.12. The first-order valence-electron chi connectivity index (χ1n) is 22.5. The first-order chi connectivity index (χ1) is 30.2. The van der Waals surface area contributed by atoms with Gasteiger partial charge in [-0.05, 0) is 62.3 Å². The van der Waals surface area contributed by atoms with Gasteiger partial charge in [-0.25, -0.2) is 9.97 Å². The second kappa shape index (κ2) is 16.8. The van der Waals surface area contributed by atoms with E-state index in [1.807, 2.05) is 4.90 Å². The van der Waals surface area contributed by atoms with Crippen LogP contribution < -0.4 is 19.9 Å². The minimum atomic E-state index is -0.400. The Morgan fingerprint density at radius 2 is 1.60 bits per heavy atom. The maximum absolute atomic E-state index is 13.9. The molecule has 1 saturated carbocycles. The molecule has 0 unspecified atom stereocenters. The largest absolute Gasteiger partial charge is 0.489 e. The molecule has 1 N–H and O–H groups in total. The van der Waals surface area contributed by atoms with Crippen molar-refractivity contribution in [3.8, 4) is 11.8 Å². The van der Waals surface area contributed by atoms with Crippen molar-refractivity contribution in [2.24, 2.45) is 16.7 Å². The Hall–Kier alpha value is -5.68. The molecule has 9 rings (SSSR count). The van der Waals surface area contributed by atoms with Crippen LogP contribution in [0.3, 0.4) is 0 Å². The molecule has 0 atom stereocenters. The summed E-state index contributed by atoms with van der Waals surface area (Å²) in [5.41, 5.74) is 4.91. The van der Waals surface area contributed by atoms with Crippen molar-refractivity contribution < 1.29 is 19.1 Å². The Morgan fingerprint density at radius 1 is 0.889 bits per heavy atom. The van der Waals surface area contributed by atoms with E-state index in [0.29, 0.717) is 80.0 Å². The van der Waals surface area contributed by atoms with E-state index < -0.39 is 10.8 Å². The molecule has 63 heavy (non-hydrogen) atoms. The predicted molar refractivity (Wildman–Crippen MR) is 240 cm³/mol. The van der Waals surface area contributed by atoms with Crippen LogP contribution in [0.2, 0.25) is 5.02 Å². The number of aryl methyl sites for hydroxylation is 1. The zero-order valence-corrected chi connectivity index (χ0v) is 37.7. The quantitative estimate of drug-likeness (QED) is 0.198. The molecule has 2 aromatic carbocycles. The molecule has 0 radical (unpaired) electrons. The zero-order valence-electron chi connectivity index (χ0n) is 36.9. The molecule has 2 aromatic heterocycles. The van der Waals surface area contributed by atoms with Crippen LogP contribution in [0, 0.1) is 28.1 Å². The van der Waals surface area contributed by atoms with E-state index in [1.54, 1.807) is 37.5 Å². The number of rotatable bonds is 8. The van der Waals surface area contributed by atoms with Crippen LogP contribution in [0.5, 0.6) is 5.75 Å². The van der Waals surface area contributed by atoms with Crippen LogP contribution in [-0.4, -0.2) is 98.7 Å². The Labute approximate surface area is 374 Å². The third-order valence-corrected chi connectivity index (χ3v) is 14.8. The van der Waals surface area contributed by atoms with Crippen molar-refractivity contribution in [3.63, 3.8) is 0 Å². The number of hydrogen-bond acceptors (Lipinski definition) is 10. The number of hydrogen-bond donors (Lipinski definition) is 1. The monoisotopic (exact) mass is 872 g/mol. The second-order valence-corrected chi connectivity index (χ2v) is 19.6. The van der Waals surface area contributed by atoms with E-state index in [0.717, 1.165) is 50.0 Å². The second-order valence-electron chi connectivity index (χ2n) is 19.2. The molecule has 6 heterocycles. The van der Waals surface area contributed by atoms with Gasteiger partial charge in [-0.1, -0.05) is 57.5 Å². The number of aromatic nitrogens is 4. The normalized spacial score (nSPS) is 22.0. The van der Waals surface area contributed by atoms with Gasteiger partial charge in [0.25, 0.3) is 5.91 Å². The van der Waals surface area contributed by atoms with Gasteiger partial charge in [0.15, 0.2) is 5.82 Å². The van der Waals surface area contributed by atoms with Crippen molar-refractivity contribution in [1.82, 2.24) is 34.9 Å². The SMILES string of the molecule is CC(=O)N1CCc2c(c(N3CCCc4ccccc43)nn2C2CCN(C(=O)C3CCN(c4ncc(C(=O)NC5C(C)(C)C(Oc6ccc(C#N)c(Cl)c6)C5(C)C)cn4)CC3)CC2)C1. The summed E-state index contributed by atoms with van der Waals surface area (Å²) in [7, 11) is 0. The highest BCUT2D eigenvalue weighted by Gasteiger charge is 2.64. The number of nitriles is 1. The number of benzene rings is 2. The van der Waals surface area contributed by atoms with E-state index in [1.165, 1.54) is 16.9 Å². The lowest BCUT2D eigenvalue weighted by atomic mass is 9.49. The van der Waals surface area contributed by atoms with Gasteiger partial charge in [-0.3, -0.25) is 19.1 Å². The number of carbonyl (C=O) groups is 3. The molecule has 1 aliphatic carbocycles. The number of carbonyl (C=O) groups excluding carboxylic acids is 3. The predicted octanol–water partition coefficient (Wildman–Crippen LogP) is 6.88. The Kier molecular flexibility index (Phi) is 11.4. The molecule has 330 valence electrons. The number of piperidine rings is 2. The maximum Gasteiger partial charge on any atom is 0.254 e. The van der Waals surface area contributed by atoms with Crippen LogP contribution in [0.25, 0.3) is 0 Å². The first-order valence-corrected chi connectivity index (χ1v) is 22.9. The number of anilines is 3. The molecule has 4 aromatic rings. The van der Waals surface area contributed by atoms with Crippen LogP contribution in [0.4, 0.5) is 17.5 Å². The first kappa shape index (κ1) is 42.6. The number of nitrogens with zero attached hydrogens (tertiary/aromatic N) is 9. The average molecular weight is 874 g/mol. The molecule has 15 heteroatoms. The van der Waals surface area contributed by atoms with Gasteiger partial charge in [-0.15, -0.1) is 0 Å². The molecule has 3 fully saturated rings. The van der Waals surface area contributed by atoms with Gasteiger partial charge in [0.2, 0.25) is 17.8 Å². The smallest absolute Gasteiger partial charge is 0.254 e. The van der Waals surface area contributed by atoms with Crippen LogP contribution in [0.1, 0.15) is 106 Å². The Bertz CT molecular complexity index is 2430. The summed E-state index contributed by atoms with van der Waals surface area (Å²) in [5, 5.41) is 18.1. The minimum absolute atomic E-state index is 0.0560. The third kappa shape index (κ3) is 7.87. The molecular formula is C48H57ClN10O4. The molecule has 14 nitrogen and oxygen atoms in total. The van der Waals surface area contributed by atoms with Crippen molar-refractivity contribution >= 4 is 46.8 Å². The molecular weight excluding hydrogens is 816 g/mol. The lowest BCUT2D eigenvalue weighted by molar-refractivity contribution is -0.164. The van der Waals surface area contributed by atoms with Crippen LogP contribution in [-0.2, 0) is 29.0 Å². The van der Waals surface area contributed by atoms with E-state index in [4.69, 9.17) is 21.4 Å². The van der Waals surface area contributed by atoms with Crippen molar-refractivity contribution in [1.29, 1.82) is 5.26 Å². The topological polar surface area (TPSA) is 153 Å². The van der Waals surface area contributed by atoms with Crippen LogP contribution >= 0.6 is 11.6 Å². The van der Waals surface area contributed by atoms with E-state index in [2.05, 4.69) is 92.7 Å². The summed E-state index contributed by atoms with van der Waals surface area (Å²) in [6.07, 6.45) is 8.96. The van der Waals surface area contributed by atoms with Gasteiger partial charge < -0.3 is 29.7 Å². The number of fused-ring (bicyclic) bond motifs is 2. The van der Waals surface area contributed by atoms with Gasteiger partial charge in [0, 0.05) is 111 Å². The van der Waals surface area contributed by atoms with Crippen molar-refractivity contribution in [2.45, 2.75) is 104 Å². The highest BCUT2D eigenvalue weighted by Crippen LogP contribution is 2.55. The summed E-state index contributed by atoms with van der Waals surface area (Å²) >= 11 is 6.26. The number of amides is 3. The third-order valence-electron chi connectivity index (χ3n) is 14.5. The van der Waals surface area contributed by atoms with Crippen molar-refractivity contribution in [2.75, 3.05) is 49.1 Å². The lowest BCUT2D eigenvalue weighted by Gasteiger charge is -2.63. The average Bonchev–Trinajstić information content (AvgIpc) is 3.68. The number of para-hydroxylation sites is 1. The summed E-state index contributed by atoms with van der Waals surface area (Å²) in [4.78, 5) is 57.6. The minimum Gasteiger partial charge on any atom is -0.489 e.